The summed E-state index contributed by atoms with van der Waals surface area (Å²) in [6, 6.07) is 0.140. The Kier molecular flexibility index (Phi) is 5.79. The molecule has 1 heterocycles. The molecular weight excluding hydrogens is 325 g/mol. The topological polar surface area (TPSA) is 79.8 Å². The number of alkyl halides is 3. The molecule has 0 aromatic carbocycles. The largest absolute Gasteiger partial charge is 0.362 e. The first-order valence-electron chi connectivity index (χ1n) is 5.27. The zero-order valence-electron chi connectivity index (χ0n) is 9.62. The van der Waals surface area contributed by atoms with E-state index in [-0.39, 0.29) is 12.0 Å². The molecule has 6 nitrogen and oxygen atoms in total. The molecule has 0 aromatic rings. The van der Waals surface area contributed by atoms with Gasteiger partial charge in [0, 0.05) is 6.04 Å². The fourth-order valence-corrected chi connectivity index (χ4v) is 2.46. The van der Waals surface area contributed by atoms with Crippen LogP contribution in [0, 0.1) is 0 Å². The Hall–Kier alpha value is 0.0500. The summed E-state index contributed by atoms with van der Waals surface area (Å²) < 4.78 is 27.8. The van der Waals surface area contributed by atoms with E-state index < -0.39 is 20.7 Å². The van der Waals surface area contributed by atoms with E-state index in [4.69, 9.17) is 34.8 Å². The van der Waals surface area contributed by atoms with E-state index >= 15 is 0 Å². The lowest BCUT2D eigenvalue weighted by molar-refractivity contribution is 0.322. The number of hydrogen-bond donors (Lipinski definition) is 2. The lowest BCUT2D eigenvalue weighted by atomic mass is 10.2. The van der Waals surface area contributed by atoms with E-state index in [0.29, 0.717) is 6.54 Å². The van der Waals surface area contributed by atoms with E-state index in [1.54, 1.807) is 0 Å². The Morgan fingerprint density at radius 2 is 2.22 bits per heavy atom. The minimum atomic E-state index is -4.03. The van der Waals surface area contributed by atoms with Gasteiger partial charge in [-0.05, 0) is 6.42 Å². The summed E-state index contributed by atoms with van der Waals surface area (Å²) in [6.45, 7) is 1.99. The number of guanidine groups is 1. The normalized spacial score (nSPS) is 20.4. The van der Waals surface area contributed by atoms with Gasteiger partial charge in [0.15, 0.2) is 0 Å². The van der Waals surface area contributed by atoms with Crippen LogP contribution in [-0.4, -0.2) is 37.4 Å². The van der Waals surface area contributed by atoms with Gasteiger partial charge in [-0.15, -0.1) is 0 Å². The van der Waals surface area contributed by atoms with Crippen LogP contribution in [0.25, 0.3) is 0 Å². The van der Waals surface area contributed by atoms with Crippen molar-refractivity contribution in [2.24, 2.45) is 4.99 Å². The highest BCUT2D eigenvalue weighted by Crippen LogP contribution is 2.26. The lowest BCUT2D eigenvalue weighted by Crippen LogP contribution is -2.42. The van der Waals surface area contributed by atoms with Gasteiger partial charge in [-0.25, -0.2) is 8.91 Å². The second kappa shape index (κ2) is 6.47. The third-order valence-corrected chi connectivity index (χ3v) is 3.25. The summed E-state index contributed by atoms with van der Waals surface area (Å²) in [5, 5.41) is 2.93. The molecule has 1 aliphatic heterocycles. The first kappa shape index (κ1) is 16.1. The molecule has 0 bridgehead atoms. The predicted molar refractivity (Wildman–Crippen MR) is 72.4 cm³/mol. The van der Waals surface area contributed by atoms with Gasteiger partial charge in [0.05, 0.1) is 6.54 Å². The minimum absolute atomic E-state index is 0.140. The smallest absolute Gasteiger partial charge is 0.351 e. The highest BCUT2D eigenvalue weighted by molar-refractivity contribution is 7.85. The zero-order valence-corrected chi connectivity index (χ0v) is 12.7. The van der Waals surface area contributed by atoms with Gasteiger partial charge in [-0.2, -0.15) is 8.42 Å². The van der Waals surface area contributed by atoms with Gasteiger partial charge < -0.3 is 5.32 Å². The van der Waals surface area contributed by atoms with Crippen LogP contribution in [-0.2, 0) is 14.5 Å². The molecule has 0 amide bonds. The van der Waals surface area contributed by atoms with Crippen molar-refractivity contribution in [1.82, 2.24) is 10.0 Å². The number of hydrogen-bond acceptors (Lipinski definition) is 5. The third kappa shape index (κ3) is 6.29. The fourth-order valence-electron chi connectivity index (χ4n) is 1.35. The van der Waals surface area contributed by atoms with Crippen molar-refractivity contribution >= 4 is 51.1 Å². The van der Waals surface area contributed by atoms with E-state index in [2.05, 4.69) is 19.2 Å². The van der Waals surface area contributed by atoms with Crippen molar-refractivity contribution < 1.29 is 12.6 Å². The van der Waals surface area contributed by atoms with Crippen LogP contribution < -0.4 is 10.0 Å². The molecular formula is C8H14Cl3N3O3S. The highest BCUT2D eigenvalue weighted by atomic mass is 35.6. The standard InChI is InChI=1S/C8H14Cl3N3O3S/c1-2-3-6-4-12-7(13-6)14-18(15,16)17-5-8(9,10)11/h6H,2-5H2,1H3,(H2,12,13,14). The monoisotopic (exact) mass is 337 g/mol. The second-order valence-electron chi connectivity index (χ2n) is 3.75. The molecule has 0 saturated carbocycles. The summed E-state index contributed by atoms with van der Waals surface area (Å²) in [5.74, 6) is 0.151. The molecule has 0 spiro atoms. The first-order chi connectivity index (χ1) is 8.22. The summed E-state index contributed by atoms with van der Waals surface area (Å²) in [4.78, 5) is 4.00. The van der Waals surface area contributed by atoms with Crippen LogP contribution in [0.15, 0.2) is 4.99 Å². The van der Waals surface area contributed by atoms with Crippen LogP contribution in [0.4, 0.5) is 0 Å². The molecule has 18 heavy (non-hydrogen) atoms. The van der Waals surface area contributed by atoms with Gasteiger partial charge in [0.25, 0.3) is 0 Å². The molecule has 1 aliphatic rings. The Labute approximate surface area is 121 Å². The summed E-state index contributed by atoms with van der Waals surface area (Å²) in [5.41, 5.74) is 0. The molecule has 0 radical (unpaired) electrons. The molecule has 0 aliphatic carbocycles. The lowest BCUT2D eigenvalue weighted by Gasteiger charge is -2.14. The maximum Gasteiger partial charge on any atom is 0.362 e. The fraction of sp³-hybridized carbons (Fsp3) is 0.875. The molecule has 2 N–H and O–H groups in total. The third-order valence-electron chi connectivity index (χ3n) is 2.05. The predicted octanol–water partition coefficient (Wildman–Crippen LogP) is 1.34. The van der Waals surface area contributed by atoms with Gasteiger partial charge in [-0.1, -0.05) is 48.1 Å². The molecule has 1 atom stereocenters. The van der Waals surface area contributed by atoms with Crippen molar-refractivity contribution in [3.63, 3.8) is 0 Å². The van der Waals surface area contributed by atoms with E-state index in [9.17, 15) is 8.42 Å². The van der Waals surface area contributed by atoms with Crippen molar-refractivity contribution in [3.8, 4) is 0 Å². The quantitative estimate of drug-likeness (QED) is 0.741. The number of nitrogens with zero attached hydrogens (tertiary/aromatic N) is 1. The highest BCUT2D eigenvalue weighted by Gasteiger charge is 2.26. The number of nitrogens with one attached hydrogen (secondary N) is 2. The first-order valence-corrected chi connectivity index (χ1v) is 7.81. The van der Waals surface area contributed by atoms with Crippen LogP contribution in [0.3, 0.4) is 0 Å². The van der Waals surface area contributed by atoms with Gasteiger partial charge in [-0.3, -0.25) is 4.99 Å². The number of rotatable bonds is 5. The molecule has 0 aromatic heterocycles. The molecule has 1 unspecified atom stereocenters. The van der Waals surface area contributed by atoms with Crippen LogP contribution in [0.2, 0.25) is 0 Å². The van der Waals surface area contributed by atoms with Crippen molar-refractivity contribution in [1.29, 1.82) is 0 Å². The maximum atomic E-state index is 11.5. The number of aliphatic imine (C=N–C) groups is 1. The van der Waals surface area contributed by atoms with Crippen molar-refractivity contribution in [2.45, 2.75) is 29.6 Å². The zero-order chi connectivity index (χ0) is 13.8. The maximum absolute atomic E-state index is 11.5. The van der Waals surface area contributed by atoms with Gasteiger partial charge in [0.2, 0.25) is 9.75 Å². The summed E-state index contributed by atoms with van der Waals surface area (Å²) in [6.07, 6.45) is 1.89. The average molecular weight is 339 g/mol. The molecule has 0 fully saturated rings. The summed E-state index contributed by atoms with van der Waals surface area (Å²) >= 11 is 16.2. The van der Waals surface area contributed by atoms with Gasteiger partial charge in [0.1, 0.15) is 6.61 Å². The Morgan fingerprint density at radius 3 is 2.78 bits per heavy atom. The van der Waals surface area contributed by atoms with Crippen LogP contribution in [0.1, 0.15) is 19.8 Å². The molecule has 1 rings (SSSR count). The van der Waals surface area contributed by atoms with Crippen LogP contribution in [0.5, 0.6) is 0 Å². The van der Waals surface area contributed by atoms with Crippen LogP contribution >= 0.6 is 34.8 Å². The molecule has 106 valence electrons. The van der Waals surface area contributed by atoms with E-state index in [1.165, 1.54) is 0 Å². The molecule has 0 saturated heterocycles. The Morgan fingerprint density at radius 1 is 1.56 bits per heavy atom. The second-order valence-corrected chi connectivity index (χ2v) is 7.62. The number of halogens is 3. The summed E-state index contributed by atoms with van der Waals surface area (Å²) in [7, 11) is -4.03. The van der Waals surface area contributed by atoms with Gasteiger partial charge >= 0.3 is 10.3 Å². The Balaban J connectivity index is 2.43. The SMILES string of the molecule is CCCC1CN=C(NS(=O)(=O)OCC(Cl)(Cl)Cl)N1. The molecule has 10 heteroatoms. The average Bonchev–Trinajstić information content (AvgIpc) is 2.62. The van der Waals surface area contributed by atoms with Crippen molar-refractivity contribution in [2.75, 3.05) is 13.2 Å². The van der Waals surface area contributed by atoms with E-state index in [0.717, 1.165) is 12.8 Å². The Bertz CT molecular complexity index is 408. The van der Waals surface area contributed by atoms with E-state index in [1.807, 2.05) is 6.92 Å². The minimum Gasteiger partial charge on any atom is -0.351 e. The van der Waals surface area contributed by atoms with Crippen molar-refractivity contribution in [3.05, 3.63) is 0 Å².